The predicted molar refractivity (Wildman–Crippen MR) is 86.2 cm³/mol. The molecule has 96 valence electrons. The number of aliphatic hydroxyl groups is 1. The molecule has 0 amide bonds. The van der Waals surface area contributed by atoms with E-state index in [2.05, 4.69) is 59.8 Å². The Morgan fingerprint density at radius 3 is 2.33 bits per heavy atom. The molecule has 2 aromatic carbocycles. The lowest BCUT2D eigenvalue weighted by molar-refractivity contribution is 0.0787. The number of benzene rings is 2. The van der Waals surface area contributed by atoms with Crippen LogP contribution in [0.25, 0.3) is 10.8 Å². The smallest absolute Gasteiger partial charge is 0.0840 e. The summed E-state index contributed by atoms with van der Waals surface area (Å²) in [5, 5.41) is 12.5. The Kier molecular flexibility index (Phi) is 3.97. The first-order valence-corrected chi connectivity index (χ1v) is 7.57. The van der Waals surface area contributed by atoms with Crippen molar-refractivity contribution in [2.24, 2.45) is 0 Å². The second-order valence-electron chi connectivity index (χ2n) is 5.26. The topological polar surface area (TPSA) is 20.2 Å². The van der Waals surface area contributed by atoms with Crippen LogP contribution in [0.1, 0.15) is 42.2 Å². The van der Waals surface area contributed by atoms with Crippen LogP contribution in [0.4, 0.5) is 0 Å². The minimum atomic E-state index is -0.776. The molecule has 0 saturated carbocycles. The molecule has 2 heteroatoms. The molecule has 0 heterocycles. The summed E-state index contributed by atoms with van der Waals surface area (Å²) in [6, 6.07) is 12.8. The lowest BCUT2D eigenvalue weighted by atomic mass is 9.94. The van der Waals surface area contributed by atoms with E-state index in [-0.39, 0.29) is 0 Å². The SMILES string of the molecule is CCC(I)c1ccc2cc(C(C)(C)O)ccc2c1. The van der Waals surface area contributed by atoms with Crippen molar-refractivity contribution in [1.82, 2.24) is 0 Å². The van der Waals surface area contributed by atoms with E-state index in [1.54, 1.807) is 0 Å². The van der Waals surface area contributed by atoms with Gasteiger partial charge in [0.2, 0.25) is 0 Å². The molecule has 0 spiro atoms. The maximum absolute atomic E-state index is 10.0. The standard InChI is InChI=1S/C16H19IO/c1-4-15(17)13-6-5-12-10-14(16(2,3)18)8-7-11(12)9-13/h5-10,15,18H,4H2,1-3H3. The first kappa shape index (κ1) is 13.8. The summed E-state index contributed by atoms with van der Waals surface area (Å²) in [7, 11) is 0. The number of hydrogen-bond donors (Lipinski definition) is 1. The Balaban J connectivity index is 2.49. The molecule has 0 aliphatic carbocycles. The fourth-order valence-corrected chi connectivity index (χ4v) is 2.46. The summed E-state index contributed by atoms with van der Waals surface area (Å²) in [4.78, 5) is 0. The van der Waals surface area contributed by atoms with E-state index in [4.69, 9.17) is 0 Å². The number of alkyl halides is 1. The van der Waals surface area contributed by atoms with Gasteiger partial charge in [0, 0.05) is 3.92 Å². The molecule has 18 heavy (non-hydrogen) atoms. The Labute approximate surface area is 122 Å². The second kappa shape index (κ2) is 5.17. The molecule has 0 fully saturated rings. The third-order valence-electron chi connectivity index (χ3n) is 3.29. The molecule has 0 saturated heterocycles. The van der Waals surface area contributed by atoms with Gasteiger partial charge in [0.15, 0.2) is 0 Å². The summed E-state index contributed by atoms with van der Waals surface area (Å²) in [6.45, 7) is 5.85. The fourth-order valence-electron chi connectivity index (χ4n) is 2.08. The van der Waals surface area contributed by atoms with Crippen LogP contribution in [-0.2, 0) is 5.60 Å². The van der Waals surface area contributed by atoms with Crippen molar-refractivity contribution in [2.45, 2.75) is 36.7 Å². The van der Waals surface area contributed by atoms with E-state index in [1.165, 1.54) is 16.3 Å². The van der Waals surface area contributed by atoms with Crippen molar-refractivity contribution in [2.75, 3.05) is 0 Å². The highest BCUT2D eigenvalue weighted by Gasteiger charge is 2.16. The van der Waals surface area contributed by atoms with Crippen LogP contribution in [-0.4, -0.2) is 5.11 Å². The minimum Gasteiger partial charge on any atom is -0.386 e. The lowest BCUT2D eigenvalue weighted by Crippen LogP contribution is -2.14. The molecule has 1 N–H and O–H groups in total. The van der Waals surface area contributed by atoms with Crippen molar-refractivity contribution >= 4 is 33.4 Å². The molecule has 0 aliphatic rings. The molecule has 1 nitrogen and oxygen atoms in total. The van der Waals surface area contributed by atoms with Gasteiger partial charge in [-0.1, -0.05) is 59.8 Å². The third-order valence-corrected chi connectivity index (χ3v) is 4.89. The van der Waals surface area contributed by atoms with Crippen LogP contribution in [0.15, 0.2) is 36.4 Å². The van der Waals surface area contributed by atoms with Gasteiger partial charge < -0.3 is 5.11 Å². The monoisotopic (exact) mass is 354 g/mol. The van der Waals surface area contributed by atoms with E-state index in [0.717, 1.165) is 12.0 Å². The molecular formula is C16H19IO. The van der Waals surface area contributed by atoms with Gasteiger partial charge in [0.05, 0.1) is 5.60 Å². The molecular weight excluding hydrogens is 335 g/mol. The average Bonchev–Trinajstić information content (AvgIpc) is 2.35. The number of hydrogen-bond acceptors (Lipinski definition) is 1. The van der Waals surface area contributed by atoms with Gasteiger partial charge in [-0.15, -0.1) is 0 Å². The highest BCUT2D eigenvalue weighted by atomic mass is 127. The first-order chi connectivity index (χ1) is 8.41. The summed E-state index contributed by atoms with van der Waals surface area (Å²) < 4.78 is 0.570. The van der Waals surface area contributed by atoms with Crippen molar-refractivity contribution < 1.29 is 5.11 Å². The molecule has 0 aromatic heterocycles. The zero-order chi connectivity index (χ0) is 13.3. The van der Waals surface area contributed by atoms with Crippen LogP contribution in [0, 0.1) is 0 Å². The number of fused-ring (bicyclic) bond motifs is 1. The largest absolute Gasteiger partial charge is 0.386 e. The lowest BCUT2D eigenvalue weighted by Gasteiger charge is -2.18. The van der Waals surface area contributed by atoms with Gasteiger partial charge in [-0.3, -0.25) is 0 Å². The van der Waals surface area contributed by atoms with Gasteiger partial charge in [0.25, 0.3) is 0 Å². The number of rotatable bonds is 3. The normalized spacial score (nSPS) is 13.8. The van der Waals surface area contributed by atoms with Gasteiger partial charge in [-0.25, -0.2) is 0 Å². The molecule has 2 rings (SSSR count). The van der Waals surface area contributed by atoms with Crippen LogP contribution >= 0.6 is 22.6 Å². The average molecular weight is 354 g/mol. The summed E-state index contributed by atoms with van der Waals surface area (Å²) in [6.07, 6.45) is 1.15. The molecule has 1 atom stereocenters. The second-order valence-corrected chi connectivity index (χ2v) is 6.76. The first-order valence-electron chi connectivity index (χ1n) is 6.32. The minimum absolute atomic E-state index is 0.570. The van der Waals surface area contributed by atoms with E-state index in [9.17, 15) is 5.11 Å². The third kappa shape index (κ3) is 2.86. The van der Waals surface area contributed by atoms with Gasteiger partial charge in [-0.2, -0.15) is 0 Å². The highest BCUT2D eigenvalue weighted by molar-refractivity contribution is 14.1. The van der Waals surface area contributed by atoms with Crippen LogP contribution in [0.3, 0.4) is 0 Å². The molecule has 2 aromatic rings. The summed E-state index contributed by atoms with van der Waals surface area (Å²) in [5.41, 5.74) is 1.56. The molecule has 0 bridgehead atoms. The van der Waals surface area contributed by atoms with Crippen molar-refractivity contribution in [3.05, 3.63) is 47.5 Å². The highest BCUT2D eigenvalue weighted by Crippen LogP contribution is 2.30. The molecule has 0 aliphatic heterocycles. The van der Waals surface area contributed by atoms with Crippen LogP contribution in [0.2, 0.25) is 0 Å². The van der Waals surface area contributed by atoms with E-state index in [0.29, 0.717) is 3.92 Å². The fraction of sp³-hybridized carbons (Fsp3) is 0.375. The van der Waals surface area contributed by atoms with Gasteiger partial charge in [-0.05, 0) is 48.2 Å². The number of halogens is 1. The Hall–Kier alpha value is -0.610. The van der Waals surface area contributed by atoms with Crippen molar-refractivity contribution in [1.29, 1.82) is 0 Å². The Bertz CT molecular complexity index is 555. The Morgan fingerprint density at radius 1 is 1.11 bits per heavy atom. The summed E-state index contributed by atoms with van der Waals surface area (Å²) >= 11 is 2.48. The summed E-state index contributed by atoms with van der Waals surface area (Å²) in [5.74, 6) is 0. The van der Waals surface area contributed by atoms with Crippen molar-refractivity contribution in [3.8, 4) is 0 Å². The van der Waals surface area contributed by atoms with E-state index < -0.39 is 5.60 Å². The molecule has 0 radical (unpaired) electrons. The van der Waals surface area contributed by atoms with Crippen molar-refractivity contribution in [3.63, 3.8) is 0 Å². The van der Waals surface area contributed by atoms with E-state index in [1.807, 2.05) is 19.9 Å². The zero-order valence-electron chi connectivity index (χ0n) is 11.1. The maximum Gasteiger partial charge on any atom is 0.0840 e. The van der Waals surface area contributed by atoms with E-state index >= 15 is 0 Å². The molecule has 1 unspecified atom stereocenters. The van der Waals surface area contributed by atoms with Crippen LogP contribution < -0.4 is 0 Å². The van der Waals surface area contributed by atoms with Gasteiger partial charge in [0.1, 0.15) is 0 Å². The zero-order valence-corrected chi connectivity index (χ0v) is 13.2. The quantitative estimate of drug-likeness (QED) is 0.611. The predicted octanol–water partition coefficient (Wildman–Crippen LogP) is 4.95. The van der Waals surface area contributed by atoms with Gasteiger partial charge >= 0.3 is 0 Å². The maximum atomic E-state index is 10.0. The van der Waals surface area contributed by atoms with Crippen LogP contribution in [0.5, 0.6) is 0 Å². The Morgan fingerprint density at radius 2 is 1.72 bits per heavy atom.